The molecule has 0 aromatic heterocycles. The number of carbonyl (C=O) groups excluding carboxylic acids is 1. The Labute approximate surface area is 142 Å². The van der Waals surface area contributed by atoms with Crippen molar-refractivity contribution in [3.8, 4) is 0 Å². The van der Waals surface area contributed by atoms with Crippen LogP contribution in [0.5, 0.6) is 0 Å². The zero-order chi connectivity index (χ0) is 16.8. The van der Waals surface area contributed by atoms with Crippen LogP contribution in [0.15, 0.2) is 58.5 Å². The molecule has 0 fully saturated rings. The molecule has 0 unspecified atom stereocenters. The fraction of sp³-hybridized carbons (Fsp3) is 0.263. The number of amides is 1. The zero-order valence-corrected chi connectivity index (χ0v) is 14.8. The fourth-order valence-electron chi connectivity index (χ4n) is 2.17. The maximum atomic E-state index is 12.2. The van der Waals surface area contributed by atoms with Crippen molar-refractivity contribution in [1.82, 2.24) is 5.43 Å². The highest BCUT2D eigenvalue weighted by Gasteiger charge is 2.14. The summed E-state index contributed by atoms with van der Waals surface area (Å²) in [6.45, 7) is 7.89. The van der Waals surface area contributed by atoms with E-state index in [1.165, 1.54) is 17.3 Å². The number of hydrogen-bond donors (Lipinski definition) is 1. The van der Waals surface area contributed by atoms with Gasteiger partial charge in [-0.25, -0.2) is 5.43 Å². The predicted octanol–water partition coefficient (Wildman–Crippen LogP) is 4.32. The maximum Gasteiger partial charge on any atom is 0.253 e. The average Bonchev–Trinajstić information content (AvgIpc) is 2.55. The third-order valence-corrected chi connectivity index (χ3v) is 4.65. The second-order valence-corrected chi connectivity index (χ2v) is 6.98. The van der Waals surface area contributed by atoms with E-state index < -0.39 is 0 Å². The number of aryl methyl sites for hydroxylation is 2. The van der Waals surface area contributed by atoms with E-state index in [0.717, 1.165) is 21.7 Å². The summed E-state index contributed by atoms with van der Waals surface area (Å²) >= 11 is 1.52. The lowest BCUT2D eigenvalue weighted by Gasteiger charge is -2.11. The minimum absolute atomic E-state index is 0.0940. The van der Waals surface area contributed by atoms with Crippen LogP contribution in [0, 0.1) is 13.8 Å². The van der Waals surface area contributed by atoms with Gasteiger partial charge in [0.15, 0.2) is 0 Å². The molecular formula is C19H22N2OS. The van der Waals surface area contributed by atoms with Crippen molar-refractivity contribution < 1.29 is 4.79 Å². The lowest BCUT2D eigenvalue weighted by molar-refractivity contribution is -0.120. The minimum Gasteiger partial charge on any atom is -0.272 e. The van der Waals surface area contributed by atoms with Crippen LogP contribution in [0.1, 0.15) is 30.5 Å². The Morgan fingerprint density at radius 1 is 1.13 bits per heavy atom. The second kappa shape index (κ2) is 7.97. The first kappa shape index (κ1) is 17.3. The van der Waals surface area contributed by atoms with Crippen LogP contribution in [-0.2, 0) is 4.79 Å². The zero-order valence-electron chi connectivity index (χ0n) is 14.0. The Morgan fingerprint density at radius 2 is 1.83 bits per heavy atom. The Bertz CT molecular complexity index is 711. The molecule has 0 saturated heterocycles. The topological polar surface area (TPSA) is 41.5 Å². The first-order chi connectivity index (χ1) is 11.0. The smallest absolute Gasteiger partial charge is 0.253 e. The van der Waals surface area contributed by atoms with Crippen LogP contribution >= 0.6 is 11.8 Å². The van der Waals surface area contributed by atoms with E-state index in [0.29, 0.717) is 0 Å². The van der Waals surface area contributed by atoms with E-state index in [-0.39, 0.29) is 11.2 Å². The normalized spacial score (nSPS) is 12.8. The van der Waals surface area contributed by atoms with Crippen molar-refractivity contribution in [3.05, 3.63) is 65.2 Å². The van der Waals surface area contributed by atoms with E-state index in [1.807, 2.05) is 58.0 Å². The van der Waals surface area contributed by atoms with Crippen LogP contribution in [-0.4, -0.2) is 16.9 Å². The summed E-state index contributed by atoms with van der Waals surface area (Å²) in [6, 6.07) is 16.1. The van der Waals surface area contributed by atoms with Gasteiger partial charge in [-0.3, -0.25) is 4.79 Å². The van der Waals surface area contributed by atoms with E-state index in [1.54, 1.807) is 0 Å². The third-order valence-electron chi connectivity index (χ3n) is 3.54. The average molecular weight is 326 g/mol. The predicted molar refractivity (Wildman–Crippen MR) is 98.0 cm³/mol. The van der Waals surface area contributed by atoms with Gasteiger partial charge in [-0.2, -0.15) is 5.10 Å². The summed E-state index contributed by atoms with van der Waals surface area (Å²) in [5.41, 5.74) is 6.89. The van der Waals surface area contributed by atoms with Gasteiger partial charge in [-0.15, -0.1) is 11.8 Å². The maximum absolute atomic E-state index is 12.2. The Hall–Kier alpha value is -2.07. The Balaban J connectivity index is 2.00. The number of nitrogens with zero attached hydrogens (tertiary/aromatic N) is 1. The van der Waals surface area contributed by atoms with E-state index in [4.69, 9.17) is 0 Å². The number of carbonyl (C=O) groups is 1. The molecule has 0 saturated carbocycles. The molecule has 2 rings (SSSR count). The molecule has 0 bridgehead atoms. The molecule has 1 atom stereocenters. The van der Waals surface area contributed by atoms with Crippen LogP contribution < -0.4 is 5.43 Å². The van der Waals surface area contributed by atoms with Gasteiger partial charge in [0, 0.05) is 10.5 Å². The van der Waals surface area contributed by atoms with Gasteiger partial charge < -0.3 is 0 Å². The summed E-state index contributed by atoms with van der Waals surface area (Å²) < 4.78 is 0. The molecule has 4 heteroatoms. The highest BCUT2D eigenvalue weighted by atomic mass is 32.2. The summed E-state index contributed by atoms with van der Waals surface area (Å²) in [7, 11) is 0. The Kier molecular flexibility index (Phi) is 5.99. The molecule has 2 aromatic carbocycles. The van der Waals surface area contributed by atoms with E-state index in [2.05, 4.69) is 28.7 Å². The monoisotopic (exact) mass is 326 g/mol. The lowest BCUT2D eigenvalue weighted by atomic mass is 10.0. The quantitative estimate of drug-likeness (QED) is 0.505. The molecule has 1 amide bonds. The first-order valence-corrected chi connectivity index (χ1v) is 8.49. The number of thioether (sulfide) groups is 1. The van der Waals surface area contributed by atoms with Gasteiger partial charge >= 0.3 is 0 Å². The second-order valence-electron chi connectivity index (χ2n) is 5.56. The summed E-state index contributed by atoms with van der Waals surface area (Å²) in [5, 5.41) is 4.06. The van der Waals surface area contributed by atoms with Crippen molar-refractivity contribution in [2.75, 3.05) is 0 Å². The number of hydrazone groups is 1. The third kappa shape index (κ3) is 4.96. The molecule has 2 aromatic rings. The van der Waals surface area contributed by atoms with Gasteiger partial charge in [-0.05, 0) is 51.5 Å². The number of hydrogen-bond acceptors (Lipinski definition) is 3. The van der Waals surface area contributed by atoms with Crippen LogP contribution in [0.25, 0.3) is 0 Å². The first-order valence-electron chi connectivity index (χ1n) is 7.61. The van der Waals surface area contributed by atoms with Crippen LogP contribution in [0.3, 0.4) is 0 Å². The molecular weight excluding hydrogens is 304 g/mol. The molecule has 1 N–H and O–H groups in total. The van der Waals surface area contributed by atoms with Crippen molar-refractivity contribution >= 4 is 23.4 Å². The van der Waals surface area contributed by atoms with Gasteiger partial charge in [0.05, 0.1) is 11.0 Å². The summed E-state index contributed by atoms with van der Waals surface area (Å²) in [6.07, 6.45) is 0. The Morgan fingerprint density at radius 3 is 2.52 bits per heavy atom. The number of rotatable bonds is 5. The van der Waals surface area contributed by atoms with Gasteiger partial charge in [0.1, 0.15) is 0 Å². The van der Waals surface area contributed by atoms with Crippen molar-refractivity contribution in [1.29, 1.82) is 0 Å². The molecule has 0 heterocycles. The highest BCUT2D eigenvalue weighted by molar-refractivity contribution is 8.00. The minimum atomic E-state index is -0.201. The SMILES string of the molecule is C/C(=N/NC(=O)[C@H](C)Sc1ccccc1)c1cc(C)ccc1C. The van der Waals surface area contributed by atoms with Crippen molar-refractivity contribution in [2.24, 2.45) is 5.10 Å². The van der Waals surface area contributed by atoms with Gasteiger partial charge in [-0.1, -0.05) is 35.9 Å². The lowest BCUT2D eigenvalue weighted by Crippen LogP contribution is -2.27. The van der Waals surface area contributed by atoms with E-state index in [9.17, 15) is 4.79 Å². The largest absolute Gasteiger partial charge is 0.272 e. The van der Waals surface area contributed by atoms with Gasteiger partial charge in [0.2, 0.25) is 0 Å². The van der Waals surface area contributed by atoms with Gasteiger partial charge in [0.25, 0.3) is 5.91 Å². The molecule has 0 aliphatic heterocycles. The summed E-state index contributed by atoms with van der Waals surface area (Å²) in [5.74, 6) is -0.0940. The molecule has 0 aliphatic rings. The van der Waals surface area contributed by atoms with Crippen LogP contribution in [0.2, 0.25) is 0 Å². The molecule has 3 nitrogen and oxygen atoms in total. The fourth-order valence-corrected chi connectivity index (χ4v) is 3.05. The molecule has 0 aliphatic carbocycles. The number of nitrogens with one attached hydrogen (secondary N) is 1. The molecule has 23 heavy (non-hydrogen) atoms. The number of benzene rings is 2. The highest BCUT2D eigenvalue weighted by Crippen LogP contribution is 2.22. The van der Waals surface area contributed by atoms with Crippen molar-refractivity contribution in [2.45, 2.75) is 37.8 Å². The van der Waals surface area contributed by atoms with Crippen molar-refractivity contribution in [3.63, 3.8) is 0 Å². The standard InChI is InChI=1S/C19H22N2OS/c1-13-10-11-14(2)18(12-13)15(3)20-21-19(22)16(4)23-17-8-6-5-7-9-17/h5-12,16H,1-4H3,(H,21,22)/b20-15-/t16-/m0/s1. The molecule has 0 radical (unpaired) electrons. The van der Waals surface area contributed by atoms with Crippen LogP contribution in [0.4, 0.5) is 0 Å². The molecule has 0 spiro atoms. The summed E-state index contributed by atoms with van der Waals surface area (Å²) in [4.78, 5) is 13.3. The van der Waals surface area contributed by atoms with E-state index >= 15 is 0 Å². The molecule has 120 valence electrons.